The van der Waals surface area contributed by atoms with Gasteiger partial charge in [0.25, 0.3) is 0 Å². The molecule has 0 aliphatic heterocycles. The van der Waals surface area contributed by atoms with Crippen molar-refractivity contribution >= 4 is 0 Å². The number of phenolic OH excluding ortho intramolecular Hbond substituents is 1. The molecule has 0 heterocycles. The molecule has 1 aromatic rings. The van der Waals surface area contributed by atoms with Crippen LogP contribution >= 0.6 is 0 Å². The van der Waals surface area contributed by atoms with E-state index in [9.17, 15) is 5.11 Å². The summed E-state index contributed by atoms with van der Waals surface area (Å²) in [6.45, 7) is -0.00217. The van der Waals surface area contributed by atoms with Gasteiger partial charge in [0.05, 0.1) is 7.11 Å². The van der Waals surface area contributed by atoms with Crippen molar-refractivity contribution in [1.82, 2.24) is 0 Å². The van der Waals surface area contributed by atoms with Crippen LogP contribution in [0.2, 0.25) is 0 Å². The lowest BCUT2D eigenvalue weighted by Crippen LogP contribution is -2.12. The second-order valence-corrected chi connectivity index (χ2v) is 3.04. The van der Waals surface area contributed by atoms with E-state index in [2.05, 4.69) is 0 Å². The molecule has 0 fully saturated rings. The van der Waals surface area contributed by atoms with E-state index in [4.69, 9.17) is 15.6 Å². The Balaban J connectivity index is 2.93. The molecule has 4 heteroatoms. The van der Waals surface area contributed by atoms with Gasteiger partial charge < -0.3 is 20.7 Å². The van der Waals surface area contributed by atoms with Crippen LogP contribution in [0.25, 0.3) is 0 Å². The molecule has 1 aromatic carbocycles. The van der Waals surface area contributed by atoms with E-state index < -0.39 is 0 Å². The van der Waals surface area contributed by atoms with Crippen LogP contribution in [0, 0.1) is 0 Å². The average molecular weight is 197 g/mol. The highest BCUT2D eigenvalue weighted by atomic mass is 16.5. The van der Waals surface area contributed by atoms with Crippen molar-refractivity contribution in [3.63, 3.8) is 0 Å². The summed E-state index contributed by atoms with van der Waals surface area (Å²) in [5, 5.41) is 18.2. The molecular weight excluding hydrogens is 182 g/mol. The van der Waals surface area contributed by atoms with E-state index in [-0.39, 0.29) is 18.4 Å². The van der Waals surface area contributed by atoms with Gasteiger partial charge in [-0.2, -0.15) is 0 Å². The molecule has 78 valence electrons. The van der Waals surface area contributed by atoms with Crippen LogP contribution in [-0.4, -0.2) is 23.9 Å². The topological polar surface area (TPSA) is 75.7 Å². The highest BCUT2D eigenvalue weighted by molar-refractivity contribution is 5.41. The summed E-state index contributed by atoms with van der Waals surface area (Å²) in [7, 11) is 1.55. The molecule has 0 aromatic heterocycles. The lowest BCUT2D eigenvalue weighted by Gasteiger charge is -2.13. The zero-order valence-corrected chi connectivity index (χ0v) is 8.10. The zero-order chi connectivity index (χ0) is 10.6. The third-order valence-electron chi connectivity index (χ3n) is 2.07. The second-order valence-electron chi connectivity index (χ2n) is 3.04. The van der Waals surface area contributed by atoms with E-state index in [0.717, 1.165) is 0 Å². The summed E-state index contributed by atoms with van der Waals surface area (Å²) < 4.78 is 5.01. The standard InChI is InChI=1S/C10H15NO3/c1-14-7-2-3-10(13)8(6-7)9(11)4-5-12/h2-3,6,9,12-13H,4-5,11H2,1H3. The third kappa shape index (κ3) is 2.37. The van der Waals surface area contributed by atoms with E-state index in [1.807, 2.05) is 0 Å². The molecule has 0 aliphatic rings. The van der Waals surface area contributed by atoms with Crippen molar-refractivity contribution in [3.05, 3.63) is 23.8 Å². The molecule has 1 atom stereocenters. The van der Waals surface area contributed by atoms with Gasteiger partial charge in [0.1, 0.15) is 11.5 Å². The van der Waals surface area contributed by atoms with Gasteiger partial charge in [-0.25, -0.2) is 0 Å². The average Bonchev–Trinajstić information content (AvgIpc) is 2.19. The van der Waals surface area contributed by atoms with Gasteiger partial charge in [0.2, 0.25) is 0 Å². The van der Waals surface area contributed by atoms with Crippen LogP contribution in [0.5, 0.6) is 11.5 Å². The maximum absolute atomic E-state index is 9.51. The van der Waals surface area contributed by atoms with Crippen LogP contribution in [0.15, 0.2) is 18.2 Å². The Morgan fingerprint density at radius 2 is 2.21 bits per heavy atom. The van der Waals surface area contributed by atoms with Gasteiger partial charge >= 0.3 is 0 Å². The smallest absolute Gasteiger partial charge is 0.120 e. The number of methoxy groups -OCH3 is 1. The molecule has 4 N–H and O–H groups in total. The Morgan fingerprint density at radius 1 is 1.50 bits per heavy atom. The summed E-state index contributed by atoms with van der Waals surface area (Å²) in [5.74, 6) is 0.776. The molecule has 1 rings (SSSR count). The van der Waals surface area contributed by atoms with Crippen molar-refractivity contribution in [2.24, 2.45) is 5.73 Å². The Hall–Kier alpha value is -1.26. The van der Waals surface area contributed by atoms with Crippen LogP contribution in [0.1, 0.15) is 18.0 Å². The van der Waals surface area contributed by atoms with Crippen molar-refractivity contribution in [2.75, 3.05) is 13.7 Å². The quantitative estimate of drug-likeness (QED) is 0.666. The monoisotopic (exact) mass is 197 g/mol. The summed E-state index contributed by atoms with van der Waals surface area (Å²) in [5.41, 5.74) is 6.35. The SMILES string of the molecule is COc1ccc(O)c(C(N)CCO)c1. The number of aliphatic hydroxyl groups is 1. The van der Waals surface area contributed by atoms with Crippen LogP contribution in [-0.2, 0) is 0 Å². The largest absolute Gasteiger partial charge is 0.508 e. The fourth-order valence-corrected chi connectivity index (χ4v) is 1.25. The zero-order valence-electron chi connectivity index (χ0n) is 8.10. The first-order valence-corrected chi connectivity index (χ1v) is 4.42. The lowest BCUT2D eigenvalue weighted by molar-refractivity contribution is 0.275. The second kappa shape index (κ2) is 4.83. The number of ether oxygens (including phenoxy) is 1. The minimum absolute atomic E-state index is 0.00217. The number of hydrogen-bond donors (Lipinski definition) is 3. The molecule has 0 saturated heterocycles. The first-order valence-electron chi connectivity index (χ1n) is 4.42. The van der Waals surface area contributed by atoms with Gasteiger partial charge in [-0.1, -0.05) is 0 Å². The van der Waals surface area contributed by atoms with E-state index in [0.29, 0.717) is 17.7 Å². The molecule has 0 bridgehead atoms. The van der Waals surface area contributed by atoms with E-state index in [1.165, 1.54) is 6.07 Å². The number of phenols is 1. The Kier molecular flexibility index (Phi) is 3.73. The Labute approximate surface area is 82.9 Å². The molecule has 1 unspecified atom stereocenters. The third-order valence-corrected chi connectivity index (χ3v) is 2.07. The number of hydrogen-bond acceptors (Lipinski definition) is 4. The molecular formula is C10H15NO3. The molecule has 0 spiro atoms. The van der Waals surface area contributed by atoms with Gasteiger partial charge in [0, 0.05) is 18.2 Å². The lowest BCUT2D eigenvalue weighted by atomic mass is 10.0. The van der Waals surface area contributed by atoms with Crippen LogP contribution in [0.3, 0.4) is 0 Å². The van der Waals surface area contributed by atoms with Gasteiger partial charge in [-0.05, 0) is 24.6 Å². The van der Waals surface area contributed by atoms with E-state index in [1.54, 1.807) is 19.2 Å². The predicted octanol–water partition coefficient (Wildman–Crippen LogP) is 0.783. The molecule has 14 heavy (non-hydrogen) atoms. The molecule has 0 aliphatic carbocycles. The predicted molar refractivity (Wildman–Crippen MR) is 53.3 cm³/mol. The minimum atomic E-state index is -0.366. The molecule has 0 saturated carbocycles. The van der Waals surface area contributed by atoms with Gasteiger partial charge in [-0.15, -0.1) is 0 Å². The molecule has 0 amide bonds. The first kappa shape index (κ1) is 10.8. The van der Waals surface area contributed by atoms with Crippen molar-refractivity contribution in [2.45, 2.75) is 12.5 Å². The van der Waals surface area contributed by atoms with Gasteiger partial charge in [0.15, 0.2) is 0 Å². The number of aliphatic hydroxyl groups excluding tert-OH is 1. The van der Waals surface area contributed by atoms with Crippen molar-refractivity contribution in [3.8, 4) is 11.5 Å². The number of nitrogens with two attached hydrogens (primary N) is 1. The van der Waals surface area contributed by atoms with E-state index >= 15 is 0 Å². The number of benzene rings is 1. The normalized spacial score (nSPS) is 12.5. The number of rotatable bonds is 4. The number of aromatic hydroxyl groups is 1. The van der Waals surface area contributed by atoms with Crippen molar-refractivity contribution in [1.29, 1.82) is 0 Å². The maximum atomic E-state index is 9.51. The highest BCUT2D eigenvalue weighted by Gasteiger charge is 2.11. The summed E-state index contributed by atoms with van der Waals surface area (Å²) in [6, 6.07) is 4.50. The fraction of sp³-hybridized carbons (Fsp3) is 0.400. The summed E-state index contributed by atoms with van der Waals surface area (Å²) in [6.07, 6.45) is 0.417. The Morgan fingerprint density at radius 3 is 2.79 bits per heavy atom. The minimum Gasteiger partial charge on any atom is -0.508 e. The molecule has 0 radical (unpaired) electrons. The van der Waals surface area contributed by atoms with Crippen LogP contribution < -0.4 is 10.5 Å². The summed E-state index contributed by atoms with van der Waals surface area (Å²) in [4.78, 5) is 0. The molecule has 4 nitrogen and oxygen atoms in total. The maximum Gasteiger partial charge on any atom is 0.120 e. The van der Waals surface area contributed by atoms with Crippen LogP contribution in [0.4, 0.5) is 0 Å². The fourth-order valence-electron chi connectivity index (χ4n) is 1.25. The first-order chi connectivity index (χ1) is 6.69. The van der Waals surface area contributed by atoms with Gasteiger partial charge in [-0.3, -0.25) is 0 Å². The Bertz CT molecular complexity index is 301. The highest BCUT2D eigenvalue weighted by Crippen LogP contribution is 2.28. The van der Waals surface area contributed by atoms with Crippen molar-refractivity contribution < 1.29 is 14.9 Å². The summed E-state index contributed by atoms with van der Waals surface area (Å²) >= 11 is 0.